The van der Waals surface area contributed by atoms with Gasteiger partial charge in [0.1, 0.15) is 0 Å². The SMILES string of the molecule is O=C(Nc1c2c(cc3c1CCC3)CCC2)NS(=O)(=O)Cc1cccc2c1CCC2. The van der Waals surface area contributed by atoms with E-state index in [9.17, 15) is 13.2 Å². The van der Waals surface area contributed by atoms with E-state index in [-0.39, 0.29) is 5.75 Å². The first-order chi connectivity index (χ1) is 14.0. The van der Waals surface area contributed by atoms with Gasteiger partial charge in [-0.1, -0.05) is 24.3 Å². The Morgan fingerprint density at radius 2 is 1.45 bits per heavy atom. The van der Waals surface area contributed by atoms with Crippen LogP contribution in [-0.4, -0.2) is 14.4 Å². The molecule has 0 bridgehead atoms. The highest BCUT2D eigenvalue weighted by Gasteiger charge is 2.26. The Hall–Kier alpha value is -2.34. The van der Waals surface area contributed by atoms with Crippen molar-refractivity contribution in [3.05, 3.63) is 63.2 Å². The number of urea groups is 1. The van der Waals surface area contributed by atoms with E-state index in [0.717, 1.165) is 74.6 Å². The molecule has 2 N–H and O–H groups in total. The van der Waals surface area contributed by atoms with Gasteiger partial charge in [0.15, 0.2) is 0 Å². The molecule has 0 aromatic heterocycles. The second kappa shape index (κ2) is 7.17. The second-order valence-corrected chi connectivity index (χ2v) is 10.2. The summed E-state index contributed by atoms with van der Waals surface area (Å²) in [5.41, 5.74) is 9.04. The molecule has 0 aliphatic heterocycles. The van der Waals surface area contributed by atoms with Crippen molar-refractivity contribution in [1.29, 1.82) is 0 Å². The van der Waals surface area contributed by atoms with Crippen LogP contribution in [0.2, 0.25) is 0 Å². The van der Waals surface area contributed by atoms with Gasteiger partial charge in [0.05, 0.1) is 5.75 Å². The molecule has 5 rings (SSSR count). The van der Waals surface area contributed by atoms with Crippen LogP contribution >= 0.6 is 0 Å². The lowest BCUT2D eigenvalue weighted by atomic mass is 9.99. The van der Waals surface area contributed by atoms with Crippen LogP contribution < -0.4 is 10.0 Å². The van der Waals surface area contributed by atoms with Crippen LogP contribution in [0.3, 0.4) is 0 Å². The molecule has 2 aromatic carbocycles. The topological polar surface area (TPSA) is 75.3 Å². The van der Waals surface area contributed by atoms with Crippen LogP contribution in [0, 0.1) is 0 Å². The molecule has 3 aliphatic rings. The van der Waals surface area contributed by atoms with E-state index in [2.05, 4.69) is 22.2 Å². The van der Waals surface area contributed by atoms with Crippen molar-refractivity contribution in [2.45, 2.75) is 63.5 Å². The number of carbonyl (C=O) groups is 1. The van der Waals surface area contributed by atoms with E-state index in [1.165, 1.54) is 27.8 Å². The Kier molecular flexibility index (Phi) is 4.62. The lowest BCUT2D eigenvalue weighted by Gasteiger charge is -2.17. The molecule has 5 nitrogen and oxygen atoms in total. The number of anilines is 1. The predicted molar refractivity (Wildman–Crippen MR) is 114 cm³/mol. The van der Waals surface area contributed by atoms with Crippen LogP contribution in [0.15, 0.2) is 24.3 Å². The van der Waals surface area contributed by atoms with Crippen molar-refractivity contribution >= 4 is 21.7 Å². The maximum Gasteiger partial charge on any atom is 0.332 e. The average molecular weight is 411 g/mol. The zero-order chi connectivity index (χ0) is 20.0. The molecule has 0 heterocycles. The Morgan fingerprint density at radius 1 is 0.828 bits per heavy atom. The molecule has 0 radical (unpaired) electrons. The molecular formula is C23H26N2O3S. The lowest BCUT2D eigenvalue weighted by Crippen LogP contribution is -2.35. The normalized spacial score (nSPS) is 17.0. The lowest BCUT2D eigenvalue weighted by molar-refractivity contribution is 0.256. The summed E-state index contributed by atoms with van der Waals surface area (Å²) in [7, 11) is -3.77. The van der Waals surface area contributed by atoms with Gasteiger partial charge >= 0.3 is 6.03 Å². The molecular weight excluding hydrogens is 384 g/mol. The van der Waals surface area contributed by atoms with Gasteiger partial charge in [0, 0.05) is 5.69 Å². The van der Waals surface area contributed by atoms with E-state index in [1.54, 1.807) is 0 Å². The largest absolute Gasteiger partial charge is 0.332 e. The van der Waals surface area contributed by atoms with Gasteiger partial charge < -0.3 is 5.32 Å². The van der Waals surface area contributed by atoms with Gasteiger partial charge in [-0.3, -0.25) is 0 Å². The van der Waals surface area contributed by atoms with Gasteiger partial charge in [0.25, 0.3) is 0 Å². The third-order valence-electron chi connectivity index (χ3n) is 6.55. The Bertz CT molecular complexity index is 1070. The molecule has 0 fully saturated rings. The van der Waals surface area contributed by atoms with Crippen molar-refractivity contribution in [1.82, 2.24) is 4.72 Å². The highest BCUT2D eigenvalue weighted by atomic mass is 32.2. The fourth-order valence-corrected chi connectivity index (χ4v) is 6.41. The minimum atomic E-state index is -3.77. The van der Waals surface area contributed by atoms with Gasteiger partial charge in [-0.2, -0.15) is 0 Å². The number of fused-ring (bicyclic) bond motifs is 3. The first kappa shape index (κ1) is 18.7. The van der Waals surface area contributed by atoms with Crippen LogP contribution in [0.25, 0.3) is 0 Å². The predicted octanol–water partition coefficient (Wildman–Crippen LogP) is 3.80. The number of benzene rings is 2. The molecule has 0 saturated heterocycles. The molecule has 2 amide bonds. The first-order valence-corrected chi connectivity index (χ1v) is 12.2. The number of nitrogens with one attached hydrogen (secondary N) is 2. The van der Waals surface area contributed by atoms with Crippen LogP contribution in [0.5, 0.6) is 0 Å². The molecule has 0 spiro atoms. The summed E-state index contributed by atoms with van der Waals surface area (Å²) in [5, 5.41) is 2.91. The zero-order valence-corrected chi connectivity index (χ0v) is 17.3. The summed E-state index contributed by atoms with van der Waals surface area (Å²) in [6, 6.07) is 7.48. The van der Waals surface area contributed by atoms with Crippen molar-refractivity contribution in [2.75, 3.05) is 5.32 Å². The summed E-state index contributed by atoms with van der Waals surface area (Å²) in [5.74, 6) is -0.158. The Balaban J connectivity index is 1.35. The second-order valence-electron chi connectivity index (χ2n) is 8.46. The fraction of sp³-hybridized carbons (Fsp3) is 0.435. The molecule has 152 valence electrons. The van der Waals surface area contributed by atoms with Crippen LogP contribution in [0.1, 0.15) is 58.2 Å². The Morgan fingerprint density at radius 3 is 2.14 bits per heavy atom. The molecule has 0 atom stereocenters. The molecule has 2 aromatic rings. The van der Waals surface area contributed by atoms with Gasteiger partial charge in [-0.15, -0.1) is 0 Å². The monoisotopic (exact) mass is 410 g/mol. The number of carbonyl (C=O) groups excluding carboxylic acids is 1. The third-order valence-corrected chi connectivity index (χ3v) is 7.74. The maximum absolute atomic E-state index is 12.7. The molecule has 6 heteroatoms. The summed E-state index contributed by atoms with van der Waals surface area (Å²) in [6.45, 7) is 0. The molecule has 0 unspecified atom stereocenters. The number of hydrogen-bond acceptors (Lipinski definition) is 3. The highest BCUT2D eigenvalue weighted by Crippen LogP contribution is 2.38. The van der Waals surface area contributed by atoms with Crippen molar-refractivity contribution < 1.29 is 13.2 Å². The van der Waals surface area contributed by atoms with E-state index >= 15 is 0 Å². The van der Waals surface area contributed by atoms with E-state index < -0.39 is 16.1 Å². The number of hydrogen-bond donors (Lipinski definition) is 2. The Labute approximate surface area is 172 Å². The summed E-state index contributed by atoms with van der Waals surface area (Å²) in [4.78, 5) is 12.7. The van der Waals surface area contributed by atoms with Crippen molar-refractivity contribution in [3.8, 4) is 0 Å². The molecule has 3 aliphatic carbocycles. The van der Waals surface area contributed by atoms with Gasteiger partial charge in [0.2, 0.25) is 10.0 Å². The maximum atomic E-state index is 12.7. The minimum Gasteiger partial charge on any atom is -0.307 e. The molecule has 29 heavy (non-hydrogen) atoms. The number of rotatable bonds is 4. The minimum absolute atomic E-state index is 0.158. The average Bonchev–Trinajstić information content (AvgIpc) is 3.40. The fourth-order valence-electron chi connectivity index (χ4n) is 5.32. The zero-order valence-electron chi connectivity index (χ0n) is 16.5. The standard InChI is InChI=1S/C23H26N2O3S/c26-23(24-22-20-11-3-7-16(20)13-17-8-4-12-21(17)22)25-29(27,28)14-18-9-1-5-15-6-2-10-19(15)18/h1,5,9,13H,2-4,6-8,10-12,14H2,(H2,24,25,26). The quantitative estimate of drug-likeness (QED) is 0.805. The van der Waals surface area contributed by atoms with Crippen molar-refractivity contribution in [2.24, 2.45) is 0 Å². The smallest absolute Gasteiger partial charge is 0.307 e. The number of aryl methyl sites for hydroxylation is 3. The first-order valence-electron chi connectivity index (χ1n) is 10.6. The summed E-state index contributed by atoms with van der Waals surface area (Å²) < 4.78 is 27.6. The molecule has 0 saturated carbocycles. The summed E-state index contributed by atoms with van der Waals surface area (Å²) in [6.07, 6.45) is 9.12. The van der Waals surface area contributed by atoms with Crippen LogP contribution in [0.4, 0.5) is 10.5 Å². The number of sulfonamides is 1. The van der Waals surface area contributed by atoms with Gasteiger partial charge in [-0.05, 0) is 96.7 Å². The van der Waals surface area contributed by atoms with E-state index in [0.29, 0.717) is 0 Å². The van der Waals surface area contributed by atoms with Crippen LogP contribution in [-0.2, 0) is 54.3 Å². The number of amides is 2. The third kappa shape index (κ3) is 3.54. The van der Waals surface area contributed by atoms with E-state index in [1.807, 2.05) is 12.1 Å². The van der Waals surface area contributed by atoms with Gasteiger partial charge in [-0.25, -0.2) is 17.9 Å². The highest BCUT2D eigenvalue weighted by molar-refractivity contribution is 7.89. The van der Waals surface area contributed by atoms with Crippen molar-refractivity contribution in [3.63, 3.8) is 0 Å². The summed E-state index contributed by atoms with van der Waals surface area (Å²) >= 11 is 0. The van der Waals surface area contributed by atoms with E-state index in [4.69, 9.17) is 0 Å².